The lowest BCUT2D eigenvalue weighted by Crippen LogP contribution is -2.44. The van der Waals surface area contributed by atoms with Gasteiger partial charge in [0.15, 0.2) is 0 Å². The first kappa shape index (κ1) is 15.6. The lowest BCUT2D eigenvalue weighted by molar-refractivity contribution is -0.138. The molecule has 23 heavy (non-hydrogen) atoms. The first-order chi connectivity index (χ1) is 10.9. The first-order valence-electron chi connectivity index (χ1n) is 7.92. The zero-order valence-corrected chi connectivity index (χ0v) is 14.1. The molecule has 0 radical (unpaired) electrons. The predicted octanol–water partition coefficient (Wildman–Crippen LogP) is 3.21. The summed E-state index contributed by atoms with van der Waals surface area (Å²) in [6, 6.07) is 10.6. The summed E-state index contributed by atoms with van der Waals surface area (Å²) in [5.41, 5.74) is 1.84. The predicted molar refractivity (Wildman–Crippen MR) is 87.2 cm³/mol. The number of nitriles is 1. The van der Waals surface area contributed by atoms with Crippen LogP contribution in [0.3, 0.4) is 0 Å². The van der Waals surface area contributed by atoms with Crippen LogP contribution < -0.4 is 0 Å². The Bertz CT molecular complexity index is 724. The molecule has 0 aliphatic carbocycles. The molecule has 0 unspecified atom stereocenters. The third-order valence-corrected chi connectivity index (χ3v) is 5.21. The molecule has 4 heteroatoms. The van der Waals surface area contributed by atoms with Crippen LogP contribution in [0.1, 0.15) is 37.9 Å². The van der Waals surface area contributed by atoms with E-state index in [0.29, 0.717) is 5.70 Å². The van der Waals surface area contributed by atoms with Crippen molar-refractivity contribution in [2.75, 3.05) is 13.7 Å². The maximum Gasteiger partial charge on any atom is 0.354 e. The van der Waals surface area contributed by atoms with Gasteiger partial charge in [-0.3, -0.25) is 0 Å². The fourth-order valence-corrected chi connectivity index (χ4v) is 3.86. The number of hydrogen-bond donors (Lipinski definition) is 0. The van der Waals surface area contributed by atoms with Crippen molar-refractivity contribution in [2.45, 2.75) is 33.2 Å². The number of rotatable bonds is 1. The van der Waals surface area contributed by atoms with Crippen molar-refractivity contribution >= 4 is 5.97 Å². The van der Waals surface area contributed by atoms with Gasteiger partial charge in [0.2, 0.25) is 0 Å². The molecule has 0 amide bonds. The van der Waals surface area contributed by atoms with Crippen LogP contribution in [0.4, 0.5) is 0 Å². The Morgan fingerprint density at radius 1 is 1.39 bits per heavy atom. The summed E-state index contributed by atoms with van der Waals surface area (Å²) >= 11 is 0. The molecular formula is C19H22N2O2. The van der Waals surface area contributed by atoms with E-state index in [1.54, 1.807) is 0 Å². The molecule has 0 spiro atoms. The smallest absolute Gasteiger partial charge is 0.354 e. The molecule has 2 atom stereocenters. The largest absolute Gasteiger partial charge is 0.464 e. The van der Waals surface area contributed by atoms with E-state index in [2.05, 4.69) is 43.9 Å². The van der Waals surface area contributed by atoms with Crippen molar-refractivity contribution in [3.8, 4) is 6.07 Å². The van der Waals surface area contributed by atoms with E-state index in [1.807, 2.05) is 18.2 Å². The van der Waals surface area contributed by atoms with Crippen LogP contribution in [0, 0.1) is 22.2 Å². The van der Waals surface area contributed by atoms with Crippen LogP contribution in [-0.4, -0.2) is 24.5 Å². The van der Waals surface area contributed by atoms with Gasteiger partial charge in [-0.2, -0.15) is 5.26 Å². The van der Waals surface area contributed by atoms with Gasteiger partial charge in [-0.15, -0.1) is 0 Å². The van der Waals surface area contributed by atoms with E-state index < -0.39 is 5.41 Å². The fraction of sp³-hybridized carbons (Fsp3) is 0.474. The standard InChI is InChI=1S/C19H22N2O2/c1-18(2,3)19(12-20)11-15(17(22)23-4)21-10-9-13-7-5-6-8-14(13)16(19)21/h5-8,11,16H,9-10H2,1-4H3/t16-,19-/m0/s1. The molecule has 0 saturated heterocycles. The van der Waals surface area contributed by atoms with Crippen molar-refractivity contribution in [2.24, 2.45) is 10.8 Å². The molecule has 120 valence electrons. The van der Waals surface area contributed by atoms with E-state index in [4.69, 9.17) is 4.74 Å². The number of benzene rings is 1. The minimum absolute atomic E-state index is 0.147. The third-order valence-electron chi connectivity index (χ3n) is 5.21. The van der Waals surface area contributed by atoms with Gasteiger partial charge in [0, 0.05) is 6.54 Å². The van der Waals surface area contributed by atoms with Gasteiger partial charge < -0.3 is 9.64 Å². The highest BCUT2D eigenvalue weighted by Gasteiger charge is 2.57. The van der Waals surface area contributed by atoms with E-state index >= 15 is 0 Å². The van der Waals surface area contributed by atoms with Gasteiger partial charge in [0.1, 0.15) is 11.1 Å². The summed E-state index contributed by atoms with van der Waals surface area (Å²) in [5.74, 6) is -0.365. The maximum atomic E-state index is 12.3. The normalized spacial score (nSPS) is 26.0. The van der Waals surface area contributed by atoms with E-state index in [9.17, 15) is 10.1 Å². The Hall–Kier alpha value is -2.28. The molecule has 3 rings (SSSR count). The average molecular weight is 310 g/mol. The Labute approximate surface area is 137 Å². The second-order valence-corrected chi connectivity index (χ2v) is 7.30. The minimum atomic E-state index is -0.771. The molecule has 1 aromatic rings. The second kappa shape index (κ2) is 5.13. The lowest BCUT2D eigenvalue weighted by atomic mass is 9.61. The number of ether oxygens (including phenoxy) is 1. The van der Waals surface area contributed by atoms with E-state index in [-0.39, 0.29) is 17.4 Å². The van der Waals surface area contributed by atoms with Crippen molar-refractivity contribution in [3.05, 3.63) is 47.2 Å². The third kappa shape index (κ3) is 2.07. The first-order valence-corrected chi connectivity index (χ1v) is 7.92. The average Bonchev–Trinajstić information content (AvgIpc) is 2.90. The van der Waals surface area contributed by atoms with E-state index in [0.717, 1.165) is 18.5 Å². The summed E-state index contributed by atoms with van der Waals surface area (Å²) in [4.78, 5) is 14.3. The molecule has 2 aliphatic heterocycles. The molecular weight excluding hydrogens is 288 g/mol. The monoisotopic (exact) mass is 310 g/mol. The highest BCUT2D eigenvalue weighted by Crippen LogP contribution is 2.58. The zero-order chi connectivity index (χ0) is 16.8. The number of esters is 1. The quantitative estimate of drug-likeness (QED) is 0.747. The van der Waals surface area contributed by atoms with Crippen molar-refractivity contribution in [3.63, 3.8) is 0 Å². The molecule has 4 nitrogen and oxygen atoms in total. The van der Waals surface area contributed by atoms with Gasteiger partial charge in [-0.05, 0) is 29.0 Å². The topological polar surface area (TPSA) is 53.3 Å². The summed E-state index contributed by atoms with van der Waals surface area (Å²) in [6.07, 6.45) is 2.71. The summed E-state index contributed by atoms with van der Waals surface area (Å²) < 4.78 is 4.96. The van der Waals surface area contributed by atoms with Crippen molar-refractivity contribution < 1.29 is 9.53 Å². The number of carbonyl (C=O) groups is 1. The molecule has 0 bridgehead atoms. The van der Waals surface area contributed by atoms with Gasteiger partial charge in [0.05, 0.1) is 19.2 Å². The Morgan fingerprint density at radius 2 is 2.09 bits per heavy atom. The van der Waals surface area contributed by atoms with Gasteiger partial charge in [-0.25, -0.2) is 4.79 Å². The van der Waals surface area contributed by atoms with Gasteiger partial charge in [-0.1, -0.05) is 45.0 Å². The van der Waals surface area contributed by atoms with Crippen LogP contribution in [0.25, 0.3) is 0 Å². The maximum absolute atomic E-state index is 12.3. The van der Waals surface area contributed by atoms with Crippen molar-refractivity contribution in [1.29, 1.82) is 5.26 Å². The van der Waals surface area contributed by atoms with Crippen LogP contribution in [-0.2, 0) is 16.0 Å². The highest BCUT2D eigenvalue weighted by atomic mass is 16.5. The number of carbonyl (C=O) groups excluding carboxylic acids is 1. The highest BCUT2D eigenvalue weighted by molar-refractivity contribution is 5.89. The summed E-state index contributed by atoms with van der Waals surface area (Å²) in [5, 5.41) is 10.1. The number of nitrogens with zero attached hydrogens (tertiary/aromatic N) is 2. The fourth-order valence-electron chi connectivity index (χ4n) is 3.86. The Balaban J connectivity index is 2.24. The van der Waals surface area contributed by atoms with Crippen molar-refractivity contribution in [1.82, 2.24) is 4.90 Å². The van der Waals surface area contributed by atoms with Gasteiger partial charge in [0.25, 0.3) is 0 Å². The minimum Gasteiger partial charge on any atom is -0.464 e. The zero-order valence-electron chi connectivity index (χ0n) is 14.1. The summed E-state index contributed by atoms with van der Waals surface area (Å²) in [7, 11) is 1.39. The molecule has 0 N–H and O–H groups in total. The lowest BCUT2D eigenvalue weighted by Gasteiger charge is -2.45. The number of hydrogen-bond acceptors (Lipinski definition) is 4. The van der Waals surface area contributed by atoms with Crippen LogP contribution >= 0.6 is 0 Å². The molecule has 0 fully saturated rings. The molecule has 0 aromatic heterocycles. The summed E-state index contributed by atoms with van der Waals surface area (Å²) in [6.45, 7) is 6.90. The van der Waals surface area contributed by atoms with Crippen LogP contribution in [0.15, 0.2) is 36.0 Å². The Morgan fingerprint density at radius 3 is 2.70 bits per heavy atom. The molecule has 0 saturated carbocycles. The van der Waals surface area contributed by atoms with Crippen LogP contribution in [0.5, 0.6) is 0 Å². The number of methoxy groups -OCH3 is 1. The molecule has 1 aromatic carbocycles. The number of fused-ring (bicyclic) bond motifs is 3. The molecule has 2 heterocycles. The molecule has 2 aliphatic rings. The van der Waals surface area contributed by atoms with E-state index in [1.165, 1.54) is 12.7 Å². The Kier molecular flexibility index (Phi) is 3.48. The second-order valence-electron chi connectivity index (χ2n) is 7.30. The van der Waals surface area contributed by atoms with Crippen LogP contribution in [0.2, 0.25) is 0 Å². The SMILES string of the molecule is COC(=O)C1=C[C@@](C#N)(C(C)(C)C)[C@@H]2c3ccccc3CCN12. The van der Waals surface area contributed by atoms with Gasteiger partial charge >= 0.3 is 5.97 Å².